The average molecular weight is 224 g/mol. The summed E-state index contributed by atoms with van der Waals surface area (Å²) >= 11 is 3.96. The van der Waals surface area contributed by atoms with Crippen molar-refractivity contribution in [1.82, 2.24) is 0 Å². The van der Waals surface area contributed by atoms with Crippen LogP contribution < -0.4 is 0 Å². The third-order valence-electron chi connectivity index (χ3n) is 0.680. The summed E-state index contributed by atoms with van der Waals surface area (Å²) in [6.07, 6.45) is 0. The molecule has 9 heavy (non-hydrogen) atoms. The zero-order chi connectivity index (χ0) is 6.53. The standard InChI is InChI=1S/C5H7NS2Se/c1-2-7-5-6-9-4-3-8-5/h3-4H,2H2,1H3. The van der Waals surface area contributed by atoms with Crippen LogP contribution in [0.5, 0.6) is 0 Å². The van der Waals surface area contributed by atoms with Gasteiger partial charge in [0.05, 0.1) is 0 Å². The van der Waals surface area contributed by atoms with E-state index in [9.17, 15) is 0 Å². The van der Waals surface area contributed by atoms with E-state index in [0.29, 0.717) is 15.2 Å². The fraction of sp³-hybridized carbons (Fsp3) is 0.400. The third kappa shape index (κ3) is 2.80. The van der Waals surface area contributed by atoms with Gasteiger partial charge in [-0.15, -0.1) is 0 Å². The van der Waals surface area contributed by atoms with Crippen LogP contribution in [0.3, 0.4) is 0 Å². The van der Waals surface area contributed by atoms with E-state index < -0.39 is 0 Å². The normalized spacial score (nSPS) is 17.7. The van der Waals surface area contributed by atoms with E-state index in [-0.39, 0.29) is 0 Å². The Bertz CT molecular complexity index is 144. The van der Waals surface area contributed by atoms with Gasteiger partial charge < -0.3 is 0 Å². The summed E-state index contributed by atoms with van der Waals surface area (Å²) in [5.74, 6) is 1.13. The summed E-state index contributed by atoms with van der Waals surface area (Å²) in [4.78, 5) is 2.14. The Hall–Kier alpha value is 0.629. The van der Waals surface area contributed by atoms with Gasteiger partial charge in [-0.1, -0.05) is 0 Å². The van der Waals surface area contributed by atoms with Crippen LogP contribution in [0.1, 0.15) is 6.92 Å². The van der Waals surface area contributed by atoms with Crippen LogP contribution in [0, 0.1) is 0 Å². The minimum atomic E-state index is 0.392. The first-order valence-corrected chi connectivity index (χ1v) is 6.24. The number of thioether (sulfide) groups is 2. The first-order chi connectivity index (χ1) is 4.43. The average Bonchev–Trinajstić information content (AvgIpc) is 1.91. The molecule has 0 bridgehead atoms. The molecule has 1 rings (SSSR count). The van der Waals surface area contributed by atoms with E-state index in [1.165, 1.54) is 4.38 Å². The van der Waals surface area contributed by atoms with E-state index >= 15 is 0 Å². The maximum absolute atomic E-state index is 4.34. The Morgan fingerprint density at radius 3 is 3.33 bits per heavy atom. The van der Waals surface area contributed by atoms with Gasteiger partial charge in [0.25, 0.3) is 0 Å². The van der Waals surface area contributed by atoms with Gasteiger partial charge >= 0.3 is 70.1 Å². The second-order valence-corrected chi connectivity index (χ2v) is 5.09. The van der Waals surface area contributed by atoms with Crippen molar-refractivity contribution in [2.45, 2.75) is 6.92 Å². The van der Waals surface area contributed by atoms with Gasteiger partial charge in [-0.25, -0.2) is 0 Å². The molecule has 0 saturated heterocycles. The minimum absolute atomic E-state index is 0.392. The molecule has 0 atom stereocenters. The second kappa shape index (κ2) is 4.45. The predicted octanol–water partition coefficient (Wildman–Crippen LogP) is 1.93. The number of nitrogens with zero attached hydrogens (tertiary/aromatic N) is 1. The summed E-state index contributed by atoms with van der Waals surface area (Å²) in [6.45, 7) is 2.15. The van der Waals surface area contributed by atoms with Gasteiger partial charge in [0.1, 0.15) is 0 Å². The zero-order valence-corrected chi connectivity index (χ0v) is 8.38. The monoisotopic (exact) mass is 225 g/mol. The Morgan fingerprint density at radius 2 is 2.78 bits per heavy atom. The van der Waals surface area contributed by atoms with Crippen LogP contribution in [0.2, 0.25) is 0 Å². The first-order valence-electron chi connectivity index (χ1n) is 2.61. The molecule has 0 amide bonds. The maximum atomic E-state index is 4.34. The molecule has 1 heterocycles. The van der Waals surface area contributed by atoms with Gasteiger partial charge in [0.15, 0.2) is 0 Å². The Kier molecular flexibility index (Phi) is 3.82. The molecule has 0 aromatic rings. The quantitative estimate of drug-likeness (QED) is 0.631. The van der Waals surface area contributed by atoms with Crippen molar-refractivity contribution in [2.75, 3.05) is 5.75 Å². The van der Waals surface area contributed by atoms with Crippen molar-refractivity contribution >= 4 is 43.1 Å². The summed E-state index contributed by atoms with van der Waals surface area (Å²) < 4.78 is 5.57. The topological polar surface area (TPSA) is 12.4 Å². The Balaban J connectivity index is 2.32. The third-order valence-corrected chi connectivity index (χ3v) is 4.57. The Labute approximate surface area is 70.1 Å². The van der Waals surface area contributed by atoms with Crippen molar-refractivity contribution in [3.8, 4) is 0 Å². The van der Waals surface area contributed by atoms with Gasteiger partial charge in [0.2, 0.25) is 0 Å². The molecule has 1 nitrogen and oxygen atoms in total. The molecule has 0 spiro atoms. The SMILES string of the molecule is CCSC1=N[Se]C=CS1. The van der Waals surface area contributed by atoms with Crippen molar-refractivity contribution in [2.24, 2.45) is 4.01 Å². The van der Waals surface area contributed by atoms with Gasteiger partial charge in [-0.05, 0) is 0 Å². The number of rotatable bonds is 1. The summed E-state index contributed by atoms with van der Waals surface area (Å²) in [6, 6.07) is 0. The van der Waals surface area contributed by atoms with Crippen LogP contribution in [0.4, 0.5) is 0 Å². The second-order valence-electron chi connectivity index (χ2n) is 1.29. The molecule has 0 aromatic heterocycles. The Morgan fingerprint density at radius 1 is 1.89 bits per heavy atom. The molecular formula is C5H7NS2Se. The summed E-state index contributed by atoms with van der Waals surface area (Å²) in [7, 11) is 0. The number of hydrogen-bond acceptors (Lipinski definition) is 3. The van der Waals surface area contributed by atoms with Gasteiger partial charge in [-0.3, -0.25) is 0 Å². The fourth-order valence-corrected chi connectivity index (χ4v) is 3.77. The summed E-state index contributed by atoms with van der Waals surface area (Å²) in [5, 5.41) is 2.13. The van der Waals surface area contributed by atoms with Crippen LogP contribution >= 0.6 is 23.5 Å². The number of hydrogen-bond donors (Lipinski definition) is 0. The molecule has 0 fully saturated rings. The molecule has 0 aliphatic carbocycles. The summed E-state index contributed by atoms with van der Waals surface area (Å²) in [5.41, 5.74) is 0. The molecule has 50 valence electrons. The van der Waals surface area contributed by atoms with E-state index in [0.717, 1.165) is 5.75 Å². The molecule has 0 saturated carbocycles. The molecule has 1 aliphatic rings. The van der Waals surface area contributed by atoms with Crippen molar-refractivity contribution in [3.63, 3.8) is 0 Å². The van der Waals surface area contributed by atoms with E-state index in [1.54, 1.807) is 11.8 Å². The molecular weight excluding hydrogens is 217 g/mol. The van der Waals surface area contributed by atoms with Gasteiger partial charge in [0, 0.05) is 0 Å². The van der Waals surface area contributed by atoms with Crippen molar-refractivity contribution in [1.29, 1.82) is 0 Å². The first kappa shape index (κ1) is 7.73. The van der Waals surface area contributed by atoms with E-state index in [2.05, 4.69) is 21.3 Å². The van der Waals surface area contributed by atoms with Crippen LogP contribution in [-0.4, -0.2) is 25.3 Å². The van der Waals surface area contributed by atoms with Gasteiger partial charge in [-0.2, -0.15) is 0 Å². The van der Waals surface area contributed by atoms with Crippen molar-refractivity contribution in [3.05, 3.63) is 10.4 Å². The van der Waals surface area contributed by atoms with Crippen molar-refractivity contribution < 1.29 is 0 Å². The predicted molar refractivity (Wildman–Crippen MR) is 48.1 cm³/mol. The molecule has 4 heteroatoms. The molecule has 0 radical (unpaired) electrons. The molecule has 0 N–H and O–H groups in total. The fourth-order valence-electron chi connectivity index (χ4n) is 0.390. The van der Waals surface area contributed by atoms with Crippen LogP contribution in [0.15, 0.2) is 14.4 Å². The molecule has 0 unspecified atom stereocenters. The van der Waals surface area contributed by atoms with Crippen LogP contribution in [0.25, 0.3) is 0 Å². The van der Waals surface area contributed by atoms with E-state index in [4.69, 9.17) is 0 Å². The van der Waals surface area contributed by atoms with Crippen LogP contribution in [-0.2, 0) is 0 Å². The molecule has 0 aromatic carbocycles. The van der Waals surface area contributed by atoms with E-state index in [1.807, 2.05) is 11.8 Å². The molecule has 1 aliphatic heterocycles. The zero-order valence-electron chi connectivity index (χ0n) is 5.03.